The largest absolute Gasteiger partial charge is 0.501 e. The zero-order valence-electron chi connectivity index (χ0n) is 15.9. The van der Waals surface area contributed by atoms with Gasteiger partial charge in [-0.15, -0.1) is 0 Å². The summed E-state index contributed by atoms with van der Waals surface area (Å²) >= 11 is 0. The molecule has 5 nitrogen and oxygen atoms in total. The van der Waals surface area contributed by atoms with Crippen LogP contribution in [0, 0.1) is 5.82 Å². The summed E-state index contributed by atoms with van der Waals surface area (Å²) in [7, 11) is -4.36. The molecule has 1 amide bonds. The van der Waals surface area contributed by atoms with Crippen LogP contribution in [0.1, 0.15) is 31.2 Å². The van der Waals surface area contributed by atoms with Crippen molar-refractivity contribution < 1.29 is 35.5 Å². The lowest BCUT2D eigenvalue weighted by atomic mass is 9.78. The Kier molecular flexibility index (Phi) is 5.81. The number of alkyl halides is 3. The van der Waals surface area contributed by atoms with E-state index in [1.807, 2.05) is 0 Å². The van der Waals surface area contributed by atoms with Gasteiger partial charge >= 0.3 is 5.51 Å². The van der Waals surface area contributed by atoms with Gasteiger partial charge in [0.1, 0.15) is 11.6 Å². The Balaban J connectivity index is 2.01. The van der Waals surface area contributed by atoms with E-state index in [9.17, 15) is 30.8 Å². The van der Waals surface area contributed by atoms with Crippen molar-refractivity contribution in [3.05, 3.63) is 53.8 Å². The molecule has 2 aromatic rings. The van der Waals surface area contributed by atoms with E-state index < -0.39 is 37.4 Å². The van der Waals surface area contributed by atoms with E-state index in [0.717, 1.165) is 31.0 Å². The van der Waals surface area contributed by atoms with Crippen LogP contribution >= 0.6 is 0 Å². The second kappa shape index (κ2) is 7.90. The second-order valence-electron chi connectivity index (χ2n) is 7.06. The summed E-state index contributed by atoms with van der Waals surface area (Å²) < 4.78 is 80.7. The monoisotopic (exact) mass is 445 g/mol. The predicted molar refractivity (Wildman–Crippen MR) is 101 cm³/mol. The van der Waals surface area contributed by atoms with Crippen molar-refractivity contribution in [1.82, 2.24) is 0 Å². The number of sulfone groups is 1. The minimum Gasteiger partial charge on any atom is -0.495 e. The fourth-order valence-corrected chi connectivity index (χ4v) is 4.51. The van der Waals surface area contributed by atoms with Gasteiger partial charge in [-0.3, -0.25) is 4.79 Å². The van der Waals surface area contributed by atoms with Crippen molar-refractivity contribution in [3.63, 3.8) is 0 Å². The number of benzene rings is 2. The smallest absolute Gasteiger partial charge is 0.495 e. The van der Waals surface area contributed by atoms with Crippen LogP contribution in [0.25, 0.3) is 0 Å². The number of methoxy groups -OCH3 is 1. The number of rotatable bonds is 5. The van der Waals surface area contributed by atoms with Crippen LogP contribution in [-0.4, -0.2) is 26.9 Å². The van der Waals surface area contributed by atoms with E-state index in [2.05, 4.69) is 5.32 Å². The van der Waals surface area contributed by atoms with Crippen molar-refractivity contribution >= 4 is 21.4 Å². The van der Waals surface area contributed by atoms with Gasteiger partial charge in [0, 0.05) is 0 Å². The molecule has 0 aromatic heterocycles. The van der Waals surface area contributed by atoms with Gasteiger partial charge in [-0.05, 0) is 48.7 Å². The third kappa shape index (κ3) is 3.88. The molecule has 30 heavy (non-hydrogen) atoms. The molecule has 2 aromatic carbocycles. The average Bonchev–Trinajstić information content (AvgIpc) is 3.18. The van der Waals surface area contributed by atoms with Crippen LogP contribution < -0.4 is 10.1 Å². The molecule has 0 saturated heterocycles. The fourth-order valence-electron chi connectivity index (χ4n) is 3.72. The highest BCUT2D eigenvalue weighted by Crippen LogP contribution is 2.43. The van der Waals surface area contributed by atoms with Crippen molar-refractivity contribution in [2.45, 2.75) is 41.5 Å². The Morgan fingerprint density at radius 1 is 1.07 bits per heavy atom. The Hall–Kier alpha value is -2.62. The summed E-state index contributed by atoms with van der Waals surface area (Å²) in [4.78, 5) is 12.2. The first kappa shape index (κ1) is 22.1. The van der Waals surface area contributed by atoms with Gasteiger partial charge < -0.3 is 10.1 Å². The van der Waals surface area contributed by atoms with E-state index in [4.69, 9.17) is 4.74 Å². The topological polar surface area (TPSA) is 72.5 Å². The van der Waals surface area contributed by atoms with Crippen LogP contribution in [0.3, 0.4) is 0 Å². The van der Waals surface area contributed by atoms with Crippen molar-refractivity contribution in [3.8, 4) is 5.75 Å². The minimum atomic E-state index is -5.60. The molecule has 0 bridgehead atoms. The van der Waals surface area contributed by atoms with Gasteiger partial charge in [0.2, 0.25) is 5.91 Å². The molecule has 0 spiro atoms. The Labute approximate surface area is 171 Å². The minimum absolute atomic E-state index is 0.0109. The first-order valence-corrected chi connectivity index (χ1v) is 10.6. The van der Waals surface area contributed by atoms with Crippen molar-refractivity contribution in [1.29, 1.82) is 0 Å². The quantitative estimate of drug-likeness (QED) is 0.684. The molecule has 1 aliphatic carbocycles. The van der Waals surface area contributed by atoms with E-state index in [0.29, 0.717) is 18.4 Å². The Morgan fingerprint density at radius 2 is 1.67 bits per heavy atom. The maximum atomic E-state index is 13.3. The second-order valence-corrected chi connectivity index (χ2v) is 9.00. The number of anilines is 1. The number of nitrogens with one attached hydrogen (secondary N) is 1. The maximum Gasteiger partial charge on any atom is 0.501 e. The molecular weight excluding hydrogens is 426 g/mol. The summed E-state index contributed by atoms with van der Waals surface area (Å²) in [5.41, 5.74) is -6.10. The predicted octanol–water partition coefficient (Wildman–Crippen LogP) is 4.58. The molecule has 1 aliphatic rings. The van der Waals surface area contributed by atoms with E-state index in [1.54, 1.807) is 0 Å². The van der Waals surface area contributed by atoms with E-state index >= 15 is 0 Å². The third-order valence-electron chi connectivity index (χ3n) is 5.32. The number of hydrogen-bond donors (Lipinski definition) is 1. The summed E-state index contributed by atoms with van der Waals surface area (Å²) in [6, 6.07) is 8.02. The molecule has 1 N–H and O–H groups in total. The van der Waals surface area contributed by atoms with Crippen molar-refractivity contribution in [2.75, 3.05) is 12.4 Å². The van der Waals surface area contributed by atoms with Gasteiger partial charge in [-0.2, -0.15) is 13.2 Å². The zero-order chi connectivity index (χ0) is 22.2. The highest BCUT2D eigenvalue weighted by molar-refractivity contribution is 7.92. The standard InChI is InChI=1S/C20H19F4NO4S/c1-29-17-9-8-15(30(27,28)20(22,23)24)12-16(17)25-18(26)19(10-2-3-11-19)13-4-6-14(21)7-5-13/h4-9,12H,2-3,10-11H2,1H3,(H,25,26). The molecule has 162 valence electrons. The summed E-state index contributed by atoms with van der Waals surface area (Å²) in [5, 5.41) is 2.53. The molecule has 1 saturated carbocycles. The van der Waals surface area contributed by atoms with E-state index in [-0.39, 0.29) is 11.4 Å². The summed E-state index contributed by atoms with van der Waals surface area (Å²) in [6.07, 6.45) is 2.41. The fraction of sp³-hybridized carbons (Fsp3) is 0.350. The van der Waals surface area contributed by atoms with Gasteiger partial charge in [0.15, 0.2) is 0 Å². The summed E-state index contributed by atoms with van der Waals surface area (Å²) in [5.74, 6) is -0.970. The lowest BCUT2D eigenvalue weighted by molar-refractivity contribution is -0.121. The van der Waals surface area contributed by atoms with Crippen molar-refractivity contribution in [2.24, 2.45) is 0 Å². The lowest BCUT2D eigenvalue weighted by Crippen LogP contribution is -2.38. The van der Waals surface area contributed by atoms with Gasteiger partial charge in [0.25, 0.3) is 9.84 Å². The molecule has 0 radical (unpaired) electrons. The lowest BCUT2D eigenvalue weighted by Gasteiger charge is -2.29. The first-order chi connectivity index (χ1) is 14.0. The highest BCUT2D eigenvalue weighted by atomic mass is 32.2. The molecule has 0 unspecified atom stereocenters. The molecular formula is C20H19F4NO4S. The number of halogens is 4. The van der Waals surface area contributed by atoms with Crippen LogP contribution in [0.4, 0.5) is 23.2 Å². The third-order valence-corrected chi connectivity index (χ3v) is 6.81. The number of hydrogen-bond acceptors (Lipinski definition) is 4. The molecule has 1 fully saturated rings. The Morgan fingerprint density at radius 3 is 2.20 bits per heavy atom. The van der Waals surface area contributed by atoms with Gasteiger partial charge in [-0.25, -0.2) is 12.8 Å². The maximum absolute atomic E-state index is 13.3. The number of carbonyl (C=O) groups excluding carboxylic acids is 1. The molecule has 3 rings (SSSR count). The molecule has 0 heterocycles. The number of carbonyl (C=O) groups is 1. The Bertz CT molecular complexity index is 1040. The van der Waals surface area contributed by atoms with Crippen LogP contribution in [0.5, 0.6) is 5.75 Å². The van der Waals surface area contributed by atoms with Gasteiger partial charge in [-0.1, -0.05) is 25.0 Å². The zero-order valence-corrected chi connectivity index (χ0v) is 16.7. The van der Waals surface area contributed by atoms with Crippen LogP contribution in [-0.2, 0) is 20.0 Å². The number of amides is 1. The van der Waals surface area contributed by atoms with E-state index in [1.165, 1.54) is 31.4 Å². The van der Waals surface area contributed by atoms with Gasteiger partial charge in [0.05, 0.1) is 23.1 Å². The summed E-state index contributed by atoms with van der Waals surface area (Å²) in [6.45, 7) is 0. The molecule has 0 aliphatic heterocycles. The molecule has 0 atom stereocenters. The number of ether oxygens (including phenoxy) is 1. The molecule has 10 heteroatoms. The normalized spacial score (nSPS) is 16.3. The average molecular weight is 445 g/mol. The SMILES string of the molecule is COc1ccc(S(=O)(=O)C(F)(F)F)cc1NC(=O)C1(c2ccc(F)cc2)CCCC1. The van der Waals surface area contributed by atoms with Crippen LogP contribution in [0.15, 0.2) is 47.4 Å². The first-order valence-electron chi connectivity index (χ1n) is 9.08. The van der Waals surface area contributed by atoms with Crippen LogP contribution in [0.2, 0.25) is 0 Å². The highest BCUT2D eigenvalue weighted by Gasteiger charge is 2.47.